The second-order valence-electron chi connectivity index (χ2n) is 3.72. The first-order valence-corrected chi connectivity index (χ1v) is 5.47. The Morgan fingerprint density at radius 1 is 1.38 bits per heavy atom. The molecule has 0 amide bonds. The lowest BCUT2D eigenvalue weighted by atomic mass is 10.3. The summed E-state index contributed by atoms with van der Waals surface area (Å²) in [4.78, 5) is 4.38. The van der Waals surface area contributed by atoms with Gasteiger partial charge >= 0.3 is 0 Å². The van der Waals surface area contributed by atoms with Gasteiger partial charge in [-0.2, -0.15) is 5.10 Å². The third-order valence-corrected chi connectivity index (χ3v) is 2.37. The van der Waals surface area contributed by atoms with Crippen LogP contribution in [0.2, 0.25) is 0 Å². The number of pyridine rings is 1. The molecule has 4 heteroatoms. The van der Waals surface area contributed by atoms with Gasteiger partial charge in [0.05, 0.1) is 6.20 Å². The second-order valence-corrected chi connectivity index (χ2v) is 3.72. The zero-order chi connectivity index (χ0) is 11.4. The summed E-state index contributed by atoms with van der Waals surface area (Å²) in [6.45, 7) is 5.73. The lowest BCUT2D eigenvalue weighted by Gasteiger charge is -2.03. The van der Waals surface area contributed by atoms with Crippen molar-refractivity contribution in [2.24, 2.45) is 0 Å². The molecule has 0 aromatic carbocycles. The summed E-state index contributed by atoms with van der Waals surface area (Å²) in [7, 11) is 0. The number of aromatic nitrogens is 3. The highest BCUT2D eigenvalue weighted by molar-refractivity contribution is 5.35. The zero-order valence-electron chi connectivity index (χ0n) is 9.64. The van der Waals surface area contributed by atoms with E-state index < -0.39 is 0 Å². The third kappa shape index (κ3) is 2.59. The average Bonchev–Trinajstić information content (AvgIpc) is 2.74. The maximum atomic E-state index is 4.38. The van der Waals surface area contributed by atoms with Crippen molar-refractivity contribution in [3.8, 4) is 0 Å². The van der Waals surface area contributed by atoms with Gasteiger partial charge < -0.3 is 5.32 Å². The van der Waals surface area contributed by atoms with Crippen molar-refractivity contribution in [1.29, 1.82) is 0 Å². The molecule has 0 unspecified atom stereocenters. The molecule has 2 rings (SSSR count). The summed E-state index contributed by atoms with van der Waals surface area (Å²) >= 11 is 0. The van der Waals surface area contributed by atoms with Crippen LogP contribution in [0.4, 0.5) is 5.82 Å². The van der Waals surface area contributed by atoms with Crippen LogP contribution in [0.1, 0.15) is 18.2 Å². The van der Waals surface area contributed by atoms with E-state index in [9.17, 15) is 0 Å². The predicted molar refractivity (Wildman–Crippen MR) is 64.2 cm³/mol. The van der Waals surface area contributed by atoms with Gasteiger partial charge in [0, 0.05) is 30.5 Å². The molecule has 16 heavy (non-hydrogen) atoms. The molecule has 0 radical (unpaired) electrons. The van der Waals surface area contributed by atoms with E-state index in [2.05, 4.69) is 22.3 Å². The van der Waals surface area contributed by atoms with Crippen LogP contribution in [-0.2, 0) is 13.1 Å². The molecule has 2 heterocycles. The highest BCUT2D eigenvalue weighted by atomic mass is 15.3. The van der Waals surface area contributed by atoms with Crippen LogP contribution in [0.15, 0.2) is 30.6 Å². The molecule has 0 saturated carbocycles. The van der Waals surface area contributed by atoms with Gasteiger partial charge in [-0.15, -0.1) is 0 Å². The lowest BCUT2D eigenvalue weighted by molar-refractivity contribution is 0.659. The molecule has 2 aromatic rings. The van der Waals surface area contributed by atoms with Crippen LogP contribution in [0.25, 0.3) is 0 Å². The van der Waals surface area contributed by atoms with Crippen molar-refractivity contribution in [2.45, 2.75) is 26.9 Å². The summed E-state index contributed by atoms with van der Waals surface area (Å²) in [5.41, 5.74) is 2.19. The molecule has 1 N–H and O–H groups in total. The fraction of sp³-hybridized carbons (Fsp3) is 0.333. The van der Waals surface area contributed by atoms with Gasteiger partial charge in [-0.05, 0) is 26.0 Å². The van der Waals surface area contributed by atoms with E-state index in [-0.39, 0.29) is 0 Å². The van der Waals surface area contributed by atoms with Crippen molar-refractivity contribution in [3.05, 3.63) is 41.9 Å². The molecule has 0 aliphatic rings. The van der Waals surface area contributed by atoms with Gasteiger partial charge in [0.15, 0.2) is 0 Å². The Bertz CT molecular complexity index is 462. The van der Waals surface area contributed by atoms with E-state index >= 15 is 0 Å². The standard InChI is InChI=1S/C12H16N4/c1-3-16-9-11(8-14-16)7-13-12-6-4-5-10(2)15-12/h4-6,8-9H,3,7H2,1-2H3,(H,13,15). The van der Waals surface area contributed by atoms with Gasteiger partial charge in [-0.25, -0.2) is 4.98 Å². The van der Waals surface area contributed by atoms with E-state index in [0.29, 0.717) is 0 Å². The van der Waals surface area contributed by atoms with Gasteiger partial charge in [0.25, 0.3) is 0 Å². The molecule has 84 valence electrons. The van der Waals surface area contributed by atoms with Crippen molar-refractivity contribution in [2.75, 3.05) is 5.32 Å². The molecular weight excluding hydrogens is 200 g/mol. The van der Waals surface area contributed by atoms with Gasteiger partial charge in [-0.1, -0.05) is 6.07 Å². The molecule has 0 fully saturated rings. The molecular formula is C12H16N4. The minimum atomic E-state index is 0.760. The summed E-state index contributed by atoms with van der Waals surface area (Å²) in [6, 6.07) is 5.96. The Morgan fingerprint density at radius 2 is 2.25 bits per heavy atom. The highest BCUT2D eigenvalue weighted by Gasteiger charge is 1.98. The van der Waals surface area contributed by atoms with Crippen molar-refractivity contribution in [3.63, 3.8) is 0 Å². The first-order valence-electron chi connectivity index (χ1n) is 5.47. The molecule has 0 atom stereocenters. The van der Waals surface area contributed by atoms with Crippen LogP contribution in [0, 0.1) is 6.92 Å². The summed E-state index contributed by atoms with van der Waals surface area (Å²) in [5.74, 6) is 0.907. The number of nitrogens with zero attached hydrogens (tertiary/aromatic N) is 3. The van der Waals surface area contributed by atoms with Crippen molar-refractivity contribution < 1.29 is 0 Å². The van der Waals surface area contributed by atoms with E-state index in [1.165, 1.54) is 5.56 Å². The average molecular weight is 216 g/mol. The van der Waals surface area contributed by atoms with Gasteiger partial charge in [-0.3, -0.25) is 4.68 Å². The van der Waals surface area contributed by atoms with Gasteiger partial charge in [0.1, 0.15) is 5.82 Å². The smallest absolute Gasteiger partial charge is 0.126 e. The first-order chi connectivity index (χ1) is 7.78. The van der Waals surface area contributed by atoms with Crippen LogP contribution in [-0.4, -0.2) is 14.8 Å². The number of aryl methyl sites for hydroxylation is 2. The quantitative estimate of drug-likeness (QED) is 0.852. The lowest BCUT2D eigenvalue weighted by Crippen LogP contribution is -2.01. The maximum absolute atomic E-state index is 4.38. The minimum Gasteiger partial charge on any atom is -0.366 e. The summed E-state index contributed by atoms with van der Waals surface area (Å²) in [5, 5.41) is 7.50. The Morgan fingerprint density at radius 3 is 2.94 bits per heavy atom. The van der Waals surface area contributed by atoms with E-state index in [4.69, 9.17) is 0 Å². The largest absolute Gasteiger partial charge is 0.366 e. The van der Waals surface area contributed by atoms with Crippen LogP contribution >= 0.6 is 0 Å². The Labute approximate surface area is 95.3 Å². The molecule has 0 saturated heterocycles. The number of nitrogens with one attached hydrogen (secondary N) is 1. The molecule has 0 aliphatic carbocycles. The normalized spacial score (nSPS) is 10.4. The topological polar surface area (TPSA) is 42.7 Å². The molecule has 2 aromatic heterocycles. The number of hydrogen-bond donors (Lipinski definition) is 1. The summed E-state index contributed by atoms with van der Waals surface area (Å²) < 4.78 is 1.92. The Balaban J connectivity index is 1.96. The van der Waals surface area contributed by atoms with Crippen LogP contribution in [0.5, 0.6) is 0 Å². The monoisotopic (exact) mass is 216 g/mol. The van der Waals surface area contributed by atoms with E-state index in [1.54, 1.807) is 0 Å². The number of hydrogen-bond acceptors (Lipinski definition) is 3. The number of anilines is 1. The molecule has 4 nitrogen and oxygen atoms in total. The van der Waals surface area contributed by atoms with Crippen molar-refractivity contribution >= 4 is 5.82 Å². The van der Waals surface area contributed by atoms with Crippen LogP contribution < -0.4 is 5.32 Å². The number of rotatable bonds is 4. The molecule has 0 spiro atoms. The summed E-state index contributed by atoms with van der Waals surface area (Å²) in [6.07, 6.45) is 3.93. The first kappa shape index (κ1) is 10.7. The maximum Gasteiger partial charge on any atom is 0.126 e. The SMILES string of the molecule is CCn1cc(CNc2cccc(C)n2)cn1. The Hall–Kier alpha value is -1.84. The van der Waals surface area contributed by atoms with Crippen LogP contribution in [0.3, 0.4) is 0 Å². The highest BCUT2D eigenvalue weighted by Crippen LogP contribution is 2.06. The Kier molecular flexibility index (Phi) is 3.19. The molecule has 0 bridgehead atoms. The molecule has 0 aliphatic heterocycles. The van der Waals surface area contributed by atoms with E-state index in [1.807, 2.05) is 42.2 Å². The third-order valence-electron chi connectivity index (χ3n) is 2.37. The minimum absolute atomic E-state index is 0.760. The van der Waals surface area contributed by atoms with Crippen molar-refractivity contribution in [1.82, 2.24) is 14.8 Å². The van der Waals surface area contributed by atoms with Gasteiger partial charge in [0.2, 0.25) is 0 Å². The fourth-order valence-electron chi connectivity index (χ4n) is 1.50. The predicted octanol–water partition coefficient (Wildman–Crippen LogP) is 2.22. The zero-order valence-corrected chi connectivity index (χ0v) is 9.64. The fourth-order valence-corrected chi connectivity index (χ4v) is 1.50. The van der Waals surface area contributed by atoms with E-state index in [0.717, 1.165) is 24.6 Å². The second kappa shape index (κ2) is 4.79.